The molecule has 24 heavy (non-hydrogen) atoms. The van der Waals surface area contributed by atoms with Crippen molar-refractivity contribution >= 4 is 5.78 Å². The van der Waals surface area contributed by atoms with Crippen LogP contribution in [0.3, 0.4) is 0 Å². The molecular formula is C18H37NO5. The van der Waals surface area contributed by atoms with Gasteiger partial charge in [0.2, 0.25) is 0 Å². The van der Waals surface area contributed by atoms with Crippen LogP contribution in [-0.2, 0) is 23.7 Å². The molecule has 0 saturated heterocycles. The first-order chi connectivity index (χ1) is 11.5. The summed E-state index contributed by atoms with van der Waals surface area (Å²) in [4.78, 5) is 11.4. The zero-order chi connectivity index (χ0) is 18.0. The molecule has 0 saturated carbocycles. The van der Waals surface area contributed by atoms with Crippen LogP contribution in [0.5, 0.6) is 0 Å². The summed E-state index contributed by atoms with van der Waals surface area (Å²) in [6.45, 7) is 13.7. The molecule has 0 aromatic carbocycles. The molecule has 0 rings (SSSR count). The van der Waals surface area contributed by atoms with Gasteiger partial charge in [-0.25, -0.2) is 0 Å². The molecule has 0 atom stereocenters. The fraction of sp³-hybridized carbons (Fsp3) is 0.944. The molecule has 0 fully saturated rings. The van der Waals surface area contributed by atoms with Crippen LogP contribution in [0, 0.1) is 5.92 Å². The minimum absolute atomic E-state index is 0.121. The number of hydrogen-bond donors (Lipinski definition) is 1. The Hall–Kier alpha value is -0.530. The number of rotatable bonds is 18. The van der Waals surface area contributed by atoms with Crippen molar-refractivity contribution in [2.45, 2.75) is 46.6 Å². The molecule has 1 N–H and O–H groups in total. The molecule has 0 aromatic rings. The maximum absolute atomic E-state index is 11.4. The number of carbonyl (C=O) groups excluding carboxylic acids is 1. The molecule has 0 bridgehead atoms. The Balaban J connectivity index is 3.06. The molecule has 0 aromatic heterocycles. The van der Waals surface area contributed by atoms with Crippen molar-refractivity contribution in [3.05, 3.63) is 0 Å². The van der Waals surface area contributed by atoms with Gasteiger partial charge in [0, 0.05) is 31.5 Å². The molecule has 0 aliphatic rings. The van der Waals surface area contributed by atoms with E-state index in [4.69, 9.17) is 18.9 Å². The van der Waals surface area contributed by atoms with E-state index in [1.807, 2.05) is 13.8 Å². The van der Waals surface area contributed by atoms with E-state index in [1.54, 1.807) is 0 Å². The van der Waals surface area contributed by atoms with Crippen LogP contribution in [0.1, 0.15) is 40.5 Å². The highest BCUT2D eigenvalue weighted by Crippen LogP contribution is 2.01. The molecule has 6 heteroatoms. The van der Waals surface area contributed by atoms with Crippen LogP contribution in [0.15, 0.2) is 0 Å². The van der Waals surface area contributed by atoms with Gasteiger partial charge in [0.05, 0.1) is 46.2 Å². The maximum atomic E-state index is 11.4. The molecule has 0 unspecified atom stereocenters. The fourth-order valence-electron chi connectivity index (χ4n) is 1.82. The lowest BCUT2D eigenvalue weighted by Crippen LogP contribution is -2.27. The molecule has 0 amide bonds. The van der Waals surface area contributed by atoms with Gasteiger partial charge in [-0.3, -0.25) is 4.79 Å². The third kappa shape index (κ3) is 17.8. The van der Waals surface area contributed by atoms with E-state index in [9.17, 15) is 4.79 Å². The number of ketones is 1. The summed E-state index contributed by atoms with van der Waals surface area (Å²) < 4.78 is 21.7. The van der Waals surface area contributed by atoms with Gasteiger partial charge < -0.3 is 24.3 Å². The smallest absolute Gasteiger partial charge is 0.135 e. The minimum Gasteiger partial charge on any atom is -0.379 e. The van der Waals surface area contributed by atoms with Gasteiger partial charge in [0.15, 0.2) is 0 Å². The second-order valence-electron chi connectivity index (χ2n) is 6.28. The summed E-state index contributed by atoms with van der Waals surface area (Å²) in [7, 11) is 0. The number of Topliss-reactive ketones (excluding diaryl/α,β-unsaturated/α-hetero) is 1. The normalized spacial score (nSPS) is 11.6. The Labute approximate surface area is 147 Å². The Kier molecular flexibility index (Phi) is 16.9. The van der Waals surface area contributed by atoms with Gasteiger partial charge >= 0.3 is 0 Å². The summed E-state index contributed by atoms with van der Waals surface area (Å²) in [6.07, 6.45) is 1.38. The highest BCUT2D eigenvalue weighted by molar-refractivity contribution is 5.80. The molecule has 0 aliphatic carbocycles. The van der Waals surface area contributed by atoms with Crippen LogP contribution in [0.25, 0.3) is 0 Å². The van der Waals surface area contributed by atoms with Gasteiger partial charge in [0.25, 0.3) is 0 Å². The fourth-order valence-corrected chi connectivity index (χ4v) is 1.82. The first kappa shape index (κ1) is 23.5. The number of carbonyl (C=O) groups is 1. The topological polar surface area (TPSA) is 66.0 Å². The quantitative estimate of drug-likeness (QED) is 0.383. The lowest BCUT2D eigenvalue weighted by molar-refractivity contribution is -0.122. The van der Waals surface area contributed by atoms with Gasteiger partial charge in [-0.1, -0.05) is 27.7 Å². The van der Waals surface area contributed by atoms with E-state index in [0.29, 0.717) is 71.1 Å². The Morgan fingerprint density at radius 3 is 1.67 bits per heavy atom. The van der Waals surface area contributed by atoms with Crippen molar-refractivity contribution in [1.29, 1.82) is 0 Å². The highest BCUT2D eigenvalue weighted by Gasteiger charge is 2.05. The summed E-state index contributed by atoms with van der Waals surface area (Å²) in [5.74, 6) is 0.419. The summed E-state index contributed by atoms with van der Waals surface area (Å²) in [5.41, 5.74) is 0. The van der Waals surface area contributed by atoms with E-state index in [1.165, 1.54) is 0 Å². The van der Waals surface area contributed by atoms with E-state index in [-0.39, 0.29) is 5.92 Å². The first-order valence-electron chi connectivity index (χ1n) is 9.11. The molecule has 6 nitrogen and oxygen atoms in total. The average Bonchev–Trinajstić information content (AvgIpc) is 2.53. The number of nitrogens with one attached hydrogen (secondary N) is 1. The van der Waals surface area contributed by atoms with Crippen LogP contribution in [0.2, 0.25) is 0 Å². The van der Waals surface area contributed by atoms with E-state index >= 15 is 0 Å². The third-order valence-corrected chi connectivity index (χ3v) is 3.27. The highest BCUT2D eigenvalue weighted by atomic mass is 16.6. The van der Waals surface area contributed by atoms with Crippen LogP contribution < -0.4 is 5.32 Å². The Bertz CT molecular complexity index is 285. The number of ether oxygens (including phenoxy) is 4. The Morgan fingerprint density at radius 2 is 1.21 bits per heavy atom. The van der Waals surface area contributed by atoms with Gasteiger partial charge in [-0.05, 0) is 6.42 Å². The summed E-state index contributed by atoms with van der Waals surface area (Å²) in [6, 6.07) is 0.494. The van der Waals surface area contributed by atoms with Crippen molar-refractivity contribution in [2.24, 2.45) is 5.92 Å². The first-order valence-corrected chi connectivity index (χ1v) is 9.11. The van der Waals surface area contributed by atoms with Crippen LogP contribution in [0.4, 0.5) is 0 Å². The van der Waals surface area contributed by atoms with Crippen molar-refractivity contribution in [2.75, 3.05) is 59.4 Å². The molecule has 144 valence electrons. The minimum atomic E-state index is 0.121. The largest absolute Gasteiger partial charge is 0.379 e. The van der Waals surface area contributed by atoms with Crippen LogP contribution >= 0.6 is 0 Å². The lowest BCUT2D eigenvalue weighted by Gasteiger charge is -2.09. The predicted molar refractivity (Wildman–Crippen MR) is 95.5 cm³/mol. The molecule has 0 radical (unpaired) electrons. The summed E-state index contributed by atoms with van der Waals surface area (Å²) >= 11 is 0. The monoisotopic (exact) mass is 347 g/mol. The molecular weight excluding hydrogens is 310 g/mol. The average molecular weight is 347 g/mol. The van der Waals surface area contributed by atoms with Crippen molar-refractivity contribution in [3.63, 3.8) is 0 Å². The van der Waals surface area contributed by atoms with Crippen molar-refractivity contribution in [1.82, 2.24) is 5.32 Å². The lowest BCUT2D eigenvalue weighted by atomic mass is 10.1. The van der Waals surface area contributed by atoms with E-state index in [0.717, 1.165) is 13.0 Å². The number of hydrogen-bond acceptors (Lipinski definition) is 6. The second kappa shape index (κ2) is 17.3. The Morgan fingerprint density at radius 1 is 0.750 bits per heavy atom. The zero-order valence-corrected chi connectivity index (χ0v) is 16.0. The summed E-state index contributed by atoms with van der Waals surface area (Å²) in [5, 5.41) is 3.28. The molecule has 0 heterocycles. The zero-order valence-electron chi connectivity index (χ0n) is 16.0. The second-order valence-corrected chi connectivity index (χ2v) is 6.28. The van der Waals surface area contributed by atoms with E-state index in [2.05, 4.69) is 19.2 Å². The molecule has 0 spiro atoms. The van der Waals surface area contributed by atoms with Gasteiger partial charge in [-0.15, -0.1) is 0 Å². The van der Waals surface area contributed by atoms with Gasteiger partial charge in [0.1, 0.15) is 5.78 Å². The standard InChI is InChI=1S/C18H37NO5/c1-16(2)18(20)6-5-8-21-10-12-23-14-15-24-13-11-22-9-7-19-17(3)4/h16-17,19H,5-15H2,1-4H3. The maximum Gasteiger partial charge on any atom is 0.135 e. The van der Waals surface area contributed by atoms with Crippen LogP contribution in [-0.4, -0.2) is 71.2 Å². The third-order valence-electron chi connectivity index (χ3n) is 3.27. The van der Waals surface area contributed by atoms with Gasteiger partial charge in [-0.2, -0.15) is 0 Å². The van der Waals surface area contributed by atoms with Crippen molar-refractivity contribution in [3.8, 4) is 0 Å². The van der Waals surface area contributed by atoms with E-state index < -0.39 is 0 Å². The molecule has 0 aliphatic heterocycles. The van der Waals surface area contributed by atoms with Crippen molar-refractivity contribution < 1.29 is 23.7 Å². The predicted octanol–water partition coefficient (Wildman–Crippen LogP) is 2.06. The SMILES string of the molecule is CC(C)NCCOCCOCCOCCOCCCC(=O)C(C)C.